The number of ether oxygens (including phenoxy) is 11. The second-order valence-electron chi connectivity index (χ2n) is 7.00. The summed E-state index contributed by atoms with van der Waals surface area (Å²) in [5.74, 6) is 0. The van der Waals surface area contributed by atoms with Gasteiger partial charge in [-0.25, -0.2) is 0 Å². The van der Waals surface area contributed by atoms with Gasteiger partial charge < -0.3 is 57.2 Å². The van der Waals surface area contributed by atoms with E-state index < -0.39 is 0 Å². The largest absolute Gasteiger partial charge is 0.394 e. The maximum atomic E-state index is 8.55. The molecular formula is C23H48O12S. The molecule has 0 fully saturated rings. The molecule has 0 spiro atoms. The molecule has 218 valence electrons. The molecule has 0 saturated carbocycles. The van der Waals surface area contributed by atoms with E-state index in [-0.39, 0.29) is 12.0 Å². The van der Waals surface area contributed by atoms with Crippen molar-refractivity contribution in [2.45, 2.75) is 5.44 Å². The average molecular weight is 549 g/mol. The SMILES string of the molecule is COC(S)COCCOCCOCCOCCOCCOCCOCCOCCOCCOCCO. The second-order valence-corrected chi connectivity index (χ2v) is 7.58. The first kappa shape index (κ1) is 35.9. The molecule has 0 aliphatic heterocycles. The third-order valence-corrected chi connectivity index (χ3v) is 4.48. The molecule has 0 aromatic heterocycles. The fourth-order valence-electron chi connectivity index (χ4n) is 2.30. The Morgan fingerprint density at radius 2 is 0.639 bits per heavy atom. The van der Waals surface area contributed by atoms with E-state index >= 15 is 0 Å². The molecule has 13 heteroatoms. The molecule has 0 heterocycles. The van der Waals surface area contributed by atoms with Crippen molar-refractivity contribution in [3.8, 4) is 0 Å². The van der Waals surface area contributed by atoms with Crippen LogP contribution in [0.3, 0.4) is 0 Å². The fourth-order valence-corrected chi connectivity index (χ4v) is 2.40. The van der Waals surface area contributed by atoms with Crippen molar-refractivity contribution in [1.29, 1.82) is 0 Å². The van der Waals surface area contributed by atoms with Crippen LogP contribution in [0.25, 0.3) is 0 Å². The lowest BCUT2D eigenvalue weighted by Gasteiger charge is -2.10. The summed E-state index contributed by atoms with van der Waals surface area (Å²) < 4.78 is 58.6. The van der Waals surface area contributed by atoms with Gasteiger partial charge >= 0.3 is 0 Å². The summed E-state index contributed by atoms with van der Waals surface area (Å²) in [5.41, 5.74) is -0.206. The lowest BCUT2D eigenvalue weighted by molar-refractivity contribution is -0.0278. The Bertz CT molecular complexity index is 398. The summed E-state index contributed by atoms with van der Waals surface area (Å²) in [6, 6.07) is 0. The van der Waals surface area contributed by atoms with Gasteiger partial charge in [-0.15, -0.1) is 12.6 Å². The van der Waals surface area contributed by atoms with E-state index in [0.717, 1.165) is 0 Å². The minimum atomic E-state index is -0.206. The minimum absolute atomic E-state index is 0.0269. The number of aliphatic hydroxyl groups excluding tert-OH is 1. The van der Waals surface area contributed by atoms with Crippen molar-refractivity contribution in [2.75, 3.05) is 146 Å². The summed E-state index contributed by atoms with van der Waals surface area (Å²) >= 11 is 4.14. The van der Waals surface area contributed by atoms with Gasteiger partial charge in [0.1, 0.15) is 5.44 Å². The van der Waals surface area contributed by atoms with Gasteiger partial charge in [-0.05, 0) is 0 Å². The number of hydrogen-bond acceptors (Lipinski definition) is 13. The van der Waals surface area contributed by atoms with Gasteiger partial charge in [0.05, 0.1) is 139 Å². The average Bonchev–Trinajstić information content (AvgIpc) is 2.89. The third-order valence-electron chi connectivity index (χ3n) is 4.12. The van der Waals surface area contributed by atoms with Crippen LogP contribution in [-0.2, 0) is 52.1 Å². The number of hydrogen-bond donors (Lipinski definition) is 2. The van der Waals surface area contributed by atoms with Gasteiger partial charge in [-0.1, -0.05) is 0 Å². The molecule has 0 amide bonds. The van der Waals surface area contributed by atoms with Crippen LogP contribution in [0.5, 0.6) is 0 Å². The first-order valence-electron chi connectivity index (χ1n) is 12.4. The summed E-state index contributed by atoms with van der Waals surface area (Å²) in [5, 5.41) is 8.55. The van der Waals surface area contributed by atoms with Gasteiger partial charge in [0.15, 0.2) is 0 Å². The Balaban J connectivity index is 3.02. The van der Waals surface area contributed by atoms with Crippen molar-refractivity contribution in [3.05, 3.63) is 0 Å². The lowest BCUT2D eigenvalue weighted by atomic mass is 10.6. The van der Waals surface area contributed by atoms with Gasteiger partial charge in [-0.3, -0.25) is 0 Å². The highest BCUT2D eigenvalue weighted by atomic mass is 32.1. The van der Waals surface area contributed by atoms with Crippen molar-refractivity contribution in [3.63, 3.8) is 0 Å². The van der Waals surface area contributed by atoms with Gasteiger partial charge in [0, 0.05) is 7.11 Å². The predicted octanol–water partition coefficient (Wildman–Crippen LogP) is 0.0470. The summed E-state index contributed by atoms with van der Waals surface area (Å²) in [7, 11) is 1.59. The lowest BCUT2D eigenvalue weighted by Crippen LogP contribution is -2.16. The minimum Gasteiger partial charge on any atom is -0.394 e. The molecular weight excluding hydrogens is 500 g/mol. The highest BCUT2D eigenvalue weighted by Crippen LogP contribution is 1.95. The van der Waals surface area contributed by atoms with Crippen LogP contribution in [0, 0.1) is 0 Å². The summed E-state index contributed by atoms with van der Waals surface area (Å²) in [6.45, 7) is 9.91. The number of rotatable bonds is 32. The topological polar surface area (TPSA) is 122 Å². The monoisotopic (exact) mass is 548 g/mol. The normalized spacial score (nSPS) is 12.4. The summed E-state index contributed by atoms with van der Waals surface area (Å²) in [4.78, 5) is 0. The second kappa shape index (κ2) is 32.9. The van der Waals surface area contributed by atoms with E-state index in [1.807, 2.05) is 0 Å². The zero-order valence-electron chi connectivity index (χ0n) is 21.8. The van der Waals surface area contributed by atoms with E-state index in [1.165, 1.54) is 0 Å². The Morgan fingerprint density at radius 3 is 0.861 bits per heavy atom. The van der Waals surface area contributed by atoms with E-state index in [2.05, 4.69) is 12.6 Å². The molecule has 0 aliphatic rings. The van der Waals surface area contributed by atoms with Gasteiger partial charge in [0.2, 0.25) is 0 Å². The maximum absolute atomic E-state index is 8.55. The van der Waals surface area contributed by atoms with Crippen molar-refractivity contribution < 1.29 is 57.2 Å². The molecule has 0 radical (unpaired) electrons. The molecule has 0 aliphatic carbocycles. The third kappa shape index (κ3) is 31.9. The summed E-state index contributed by atoms with van der Waals surface area (Å²) in [6.07, 6.45) is 0. The number of thiol groups is 1. The molecule has 0 saturated heterocycles. The van der Waals surface area contributed by atoms with Crippen LogP contribution in [0.2, 0.25) is 0 Å². The Labute approximate surface area is 221 Å². The maximum Gasteiger partial charge on any atom is 0.123 e. The molecule has 1 atom stereocenters. The van der Waals surface area contributed by atoms with E-state index in [1.54, 1.807) is 7.11 Å². The van der Waals surface area contributed by atoms with E-state index in [0.29, 0.717) is 132 Å². The van der Waals surface area contributed by atoms with Crippen LogP contribution in [0.1, 0.15) is 0 Å². The van der Waals surface area contributed by atoms with E-state index in [9.17, 15) is 0 Å². The van der Waals surface area contributed by atoms with Gasteiger partial charge in [-0.2, -0.15) is 0 Å². The van der Waals surface area contributed by atoms with Crippen LogP contribution in [-0.4, -0.2) is 156 Å². The molecule has 1 unspecified atom stereocenters. The number of aliphatic hydroxyl groups is 1. The highest BCUT2D eigenvalue weighted by Gasteiger charge is 1.99. The van der Waals surface area contributed by atoms with Crippen LogP contribution in [0.4, 0.5) is 0 Å². The van der Waals surface area contributed by atoms with E-state index in [4.69, 9.17) is 57.2 Å². The Morgan fingerprint density at radius 1 is 0.417 bits per heavy atom. The van der Waals surface area contributed by atoms with Crippen LogP contribution < -0.4 is 0 Å². The zero-order valence-corrected chi connectivity index (χ0v) is 22.7. The standard InChI is InChI=1S/C23H48O12S/c1-25-23(36)22-35-21-20-34-19-18-33-17-16-32-15-14-31-13-12-30-11-10-29-9-8-28-7-6-27-5-4-26-3-2-24/h23-24,36H,2-22H2,1H3. The van der Waals surface area contributed by atoms with Gasteiger partial charge in [0.25, 0.3) is 0 Å². The molecule has 0 aromatic carbocycles. The highest BCUT2D eigenvalue weighted by molar-refractivity contribution is 7.80. The first-order valence-corrected chi connectivity index (χ1v) is 12.9. The van der Waals surface area contributed by atoms with Crippen LogP contribution >= 0.6 is 12.6 Å². The first-order chi connectivity index (χ1) is 17.8. The molecule has 36 heavy (non-hydrogen) atoms. The Hall–Kier alpha value is -0.130. The fraction of sp³-hybridized carbons (Fsp3) is 1.00. The molecule has 12 nitrogen and oxygen atoms in total. The smallest absolute Gasteiger partial charge is 0.123 e. The number of methoxy groups -OCH3 is 1. The van der Waals surface area contributed by atoms with Crippen molar-refractivity contribution in [2.24, 2.45) is 0 Å². The zero-order chi connectivity index (χ0) is 26.2. The van der Waals surface area contributed by atoms with Crippen molar-refractivity contribution >= 4 is 12.6 Å². The quantitative estimate of drug-likeness (QED) is 0.0671. The van der Waals surface area contributed by atoms with Crippen LogP contribution in [0.15, 0.2) is 0 Å². The molecule has 0 aromatic rings. The molecule has 0 bridgehead atoms. The predicted molar refractivity (Wildman–Crippen MR) is 135 cm³/mol. The van der Waals surface area contributed by atoms with Crippen molar-refractivity contribution in [1.82, 2.24) is 0 Å². The Kier molecular flexibility index (Phi) is 32.8. The molecule has 0 rings (SSSR count). The molecule has 1 N–H and O–H groups in total.